The number of nitrogens with one attached hydrogen (secondary N) is 1. The minimum absolute atomic E-state index is 0.0217. The van der Waals surface area contributed by atoms with Gasteiger partial charge >= 0.3 is 6.09 Å². The Hall–Kier alpha value is -2.70. The van der Waals surface area contributed by atoms with E-state index >= 15 is 4.39 Å². The molecule has 1 aromatic carbocycles. The van der Waals surface area contributed by atoms with Crippen LogP contribution in [0.3, 0.4) is 0 Å². The Morgan fingerprint density at radius 1 is 1.12 bits per heavy atom. The van der Waals surface area contributed by atoms with E-state index in [2.05, 4.69) is 16.3 Å². The zero-order chi connectivity index (χ0) is 28.2. The number of carbonyl (C=O) groups is 2. The first-order valence-electron chi connectivity index (χ1n) is 14.9. The number of piperidine rings is 1. The Labute approximate surface area is 236 Å². The number of benzene rings is 1. The molecule has 40 heavy (non-hydrogen) atoms. The molecule has 216 valence electrons. The molecule has 8 nitrogen and oxygen atoms in total. The SMILES string of the molecule is CC(C)(C)OC(=O)N1C2CCC(C2)C1C(=O)N[C@H](C#N)Cc1ccc(C2CC3CN(C4COC4)CC3C2)cc1F. The first-order valence-corrected chi connectivity index (χ1v) is 14.9. The number of hydrogen-bond donors (Lipinski definition) is 1. The van der Waals surface area contributed by atoms with Crippen LogP contribution < -0.4 is 5.32 Å². The molecule has 6 rings (SSSR count). The van der Waals surface area contributed by atoms with E-state index in [0.717, 1.165) is 64.0 Å². The van der Waals surface area contributed by atoms with E-state index in [1.165, 1.54) is 0 Å². The van der Waals surface area contributed by atoms with E-state index < -0.39 is 23.8 Å². The number of amides is 2. The summed E-state index contributed by atoms with van der Waals surface area (Å²) in [6.07, 6.45) is 4.24. The van der Waals surface area contributed by atoms with Gasteiger partial charge in [-0.1, -0.05) is 12.1 Å². The summed E-state index contributed by atoms with van der Waals surface area (Å²) >= 11 is 0. The summed E-state index contributed by atoms with van der Waals surface area (Å²) in [5.41, 5.74) is 0.783. The Kier molecular flexibility index (Phi) is 7.28. The maximum absolute atomic E-state index is 15.3. The van der Waals surface area contributed by atoms with Gasteiger partial charge in [0.25, 0.3) is 0 Å². The van der Waals surface area contributed by atoms with Crippen molar-refractivity contribution in [3.05, 3.63) is 35.1 Å². The van der Waals surface area contributed by atoms with Crippen molar-refractivity contribution in [2.24, 2.45) is 17.8 Å². The topological polar surface area (TPSA) is 94.9 Å². The molecule has 5 unspecified atom stereocenters. The van der Waals surface area contributed by atoms with Crippen molar-refractivity contribution in [2.75, 3.05) is 26.3 Å². The van der Waals surface area contributed by atoms with Gasteiger partial charge < -0.3 is 14.8 Å². The lowest BCUT2D eigenvalue weighted by Crippen LogP contribution is -2.55. The van der Waals surface area contributed by atoms with Crippen LogP contribution >= 0.6 is 0 Å². The van der Waals surface area contributed by atoms with Gasteiger partial charge in [-0.25, -0.2) is 9.18 Å². The van der Waals surface area contributed by atoms with Crippen LogP contribution in [0.15, 0.2) is 18.2 Å². The Balaban J connectivity index is 1.07. The highest BCUT2D eigenvalue weighted by Crippen LogP contribution is 2.47. The maximum atomic E-state index is 15.3. The molecule has 1 aromatic rings. The normalized spacial score (nSPS) is 32.4. The molecule has 5 aliphatic rings. The van der Waals surface area contributed by atoms with E-state index in [4.69, 9.17) is 9.47 Å². The van der Waals surface area contributed by atoms with Crippen molar-refractivity contribution in [1.82, 2.24) is 15.1 Å². The van der Waals surface area contributed by atoms with Gasteiger partial charge in [-0.2, -0.15) is 5.26 Å². The van der Waals surface area contributed by atoms with Gasteiger partial charge in [-0.3, -0.25) is 14.6 Å². The van der Waals surface area contributed by atoms with Crippen LogP contribution in [0, 0.1) is 34.9 Å². The second kappa shape index (κ2) is 10.6. The maximum Gasteiger partial charge on any atom is 0.411 e. The van der Waals surface area contributed by atoms with E-state index in [9.17, 15) is 14.9 Å². The third-order valence-corrected chi connectivity index (χ3v) is 9.82. The molecule has 2 saturated carbocycles. The number of nitrogens with zero attached hydrogens (tertiary/aromatic N) is 3. The van der Waals surface area contributed by atoms with Crippen LogP contribution in [0.5, 0.6) is 0 Å². The number of carbonyl (C=O) groups excluding carboxylic acids is 2. The van der Waals surface area contributed by atoms with Crippen LogP contribution in [0.25, 0.3) is 0 Å². The average Bonchev–Trinajstić information content (AvgIpc) is 3.62. The van der Waals surface area contributed by atoms with Gasteiger partial charge in [0.15, 0.2) is 0 Å². The highest BCUT2D eigenvalue weighted by atomic mass is 19.1. The number of fused-ring (bicyclic) bond motifs is 3. The highest BCUT2D eigenvalue weighted by molar-refractivity contribution is 5.87. The monoisotopic (exact) mass is 552 g/mol. The molecule has 6 atom stereocenters. The number of ether oxygens (including phenoxy) is 2. The van der Waals surface area contributed by atoms with Crippen LogP contribution in [0.2, 0.25) is 0 Å². The fourth-order valence-electron chi connectivity index (χ4n) is 7.83. The standard InChI is InChI=1S/C31H41FN4O4/c1-31(2,3)40-30(38)36-25-7-6-20(11-25)28(36)29(37)34-24(13-33)10-19-5-4-18(12-27(19)32)21-8-22-14-35(15-23(22)9-21)26-16-39-17-26/h4-5,12,20-26,28H,6-11,14-17H2,1-3H3,(H,34,37)/t20?,21?,22?,23?,24-,25?,28?/m0/s1. The summed E-state index contributed by atoms with van der Waals surface area (Å²) in [6.45, 7) is 9.35. The van der Waals surface area contributed by atoms with Crippen LogP contribution in [-0.2, 0) is 20.7 Å². The third kappa shape index (κ3) is 5.33. The summed E-state index contributed by atoms with van der Waals surface area (Å²) in [4.78, 5) is 30.4. The van der Waals surface area contributed by atoms with Crippen molar-refractivity contribution >= 4 is 12.0 Å². The number of rotatable bonds is 6. The lowest BCUT2D eigenvalue weighted by atomic mass is 9.93. The van der Waals surface area contributed by atoms with E-state index in [-0.39, 0.29) is 30.1 Å². The molecule has 9 heteroatoms. The van der Waals surface area contributed by atoms with Crippen molar-refractivity contribution < 1.29 is 23.5 Å². The third-order valence-electron chi connectivity index (χ3n) is 9.82. The lowest BCUT2D eigenvalue weighted by molar-refractivity contribution is -0.128. The summed E-state index contributed by atoms with van der Waals surface area (Å²) in [5, 5.41) is 12.6. The molecule has 3 saturated heterocycles. The number of nitriles is 1. The minimum atomic E-state index is -0.889. The largest absolute Gasteiger partial charge is 0.444 e. The van der Waals surface area contributed by atoms with E-state index in [0.29, 0.717) is 29.4 Å². The molecule has 1 N–H and O–H groups in total. The van der Waals surface area contributed by atoms with Gasteiger partial charge in [-0.15, -0.1) is 0 Å². The zero-order valence-electron chi connectivity index (χ0n) is 23.8. The van der Waals surface area contributed by atoms with Crippen molar-refractivity contribution in [3.63, 3.8) is 0 Å². The summed E-state index contributed by atoms with van der Waals surface area (Å²) in [7, 11) is 0. The molecule has 0 aromatic heterocycles. The second-order valence-electron chi connectivity index (χ2n) is 13.6. The number of hydrogen-bond acceptors (Lipinski definition) is 6. The smallest absolute Gasteiger partial charge is 0.411 e. The van der Waals surface area contributed by atoms with Crippen LogP contribution in [0.4, 0.5) is 9.18 Å². The molecule has 0 radical (unpaired) electrons. The second-order valence-corrected chi connectivity index (χ2v) is 13.6. The average molecular weight is 553 g/mol. The lowest BCUT2D eigenvalue weighted by Gasteiger charge is -2.35. The van der Waals surface area contributed by atoms with Crippen molar-refractivity contribution in [2.45, 2.75) is 95.0 Å². The van der Waals surface area contributed by atoms with Crippen molar-refractivity contribution in [3.8, 4) is 6.07 Å². The van der Waals surface area contributed by atoms with Gasteiger partial charge in [-0.05, 0) is 93.7 Å². The van der Waals surface area contributed by atoms with Crippen LogP contribution in [-0.4, -0.2) is 77.9 Å². The predicted molar refractivity (Wildman–Crippen MR) is 146 cm³/mol. The molecule has 2 bridgehead atoms. The first-order chi connectivity index (χ1) is 19.1. The number of halogens is 1. The number of likely N-dealkylation sites (tertiary alicyclic amines) is 2. The summed E-state index contributed by atoms with van der Waals surface area (Å²) < 4.78 is 26.2. The predicted octanol–water partition coefficient (Wildman–Crippen LogP) is 3.99. The van der Waals surface area contributed by atoms with Gasteiger partial charge in [0.2, 0.25) is 5.91 Å². The van der Waals surface area contributed by atoms with Crippen LogP contribution in [0.1, 0.15) is 69.9 Å². The Morgan fingerprint density at radius 3 is 2.45 bits per heavy atom. The molecule has 3 heterocycles. The van der Waals surface area contributed by atoms with E-state index in [1.54, 1.807) is 37.8 Å². The Bertz CT molecular complexity index is 1180. The quantitative estimate of drug-likeness (QED) is 0.574. The molecular weight excluding hydrogens is 511 g/mol. The summed E-state index contributed by atoms with van der Waals surface area (Å²) in [5.74, 6) is 1.05. The summed E-state index contributed by atoms with van der Waals surface area (Å²) in [6, 6.07) is 6.55. The van der Waals surface area contributed by atoms with Gasteiger partial charge in [0.1, 0.15) is 23.5 Å². The fraction of sp³-hybridized carbons (Fsp3) is 0.710. The molecule has 2 amide bonds. The molecule has 5 fully saturated rings. The zero-order valence-corrected chi connectivity index (χ0v) is 23.8. The minimum Gasteiger partial charge on any atom is -0.444 e. The Morgan fingerprint density at radius 2 is 1.85 bits per heavy atom. The van der Waals surface area contributed by atoms with Crippen molar-refractivity contribution in [1.29, 1.82) is 5.26 Å². The van der Waals surface area contributed by atoms with Gasteiger partial charge in [0.05, 0.1) is 25.3 Å². The highest BCUT2D eigenvalue weighted by Gasteiger charge is 2.52. The first kappa shape index (κ1) is 27.5. The molecule has 0 spiro atoms. The van der Waals surface area contributed by atoms with E-state index in [1.807, 2.05) is 6.07 Å². The molecular formula is C31H41FN4O4. The van der Waals surface area contributed by atoms with Gasteiger partial charge in [0, 0.05) is 25.6 Å². The fourth-order valence-corrected chi connectivity index (χ4v) is 7.83. The molecule has 3 aliphatic heterocycles. The molecule has 2 aliphatic carbocycles.